The van der Waals surface area contributed by atoms with Crippen molar-refractivity contribution >= 4 is 49.3 Å². The van der Waals surface area contributed by atoms with E-state index in [0.29, 0.717) is 23.0 Å². The summed E-state index contributed by atoms with van der Waals surface area (Å²) in [6.07, 6.45) is 2.05. The second-order valence-electron chi connectivity index (χ2n) is 13.7. The molecule has 0 aliphatic rings. The van der Waals surface area contributed by atoms with E-state index in [1.54, 1.807) is 49.1 Å². The minimum Gasteiger partial charge on any atom is -0.307 e. The van der Waals surface area contributed by atoms with Crippen molar-refractivity contribution in [1.29, 1.82) is 5.26 Å². The minimum absolute atomic E-state index is 0.101. The number of nitrogens with zero attached hydrogens (tertiary/aromatic N) is 8. The van der Waals surface area contributed by atoms with Crippen LogP contribution in [0.3, 0.4) is 0 Å². The first-order chi connectivity index (χ1) is 28.3. The zero-order valence-electron chi connectivity index (χ0n) is 30.1. The largest absolute Gasteiger partial charge is 0.415 e. The third-order valence-corrected chi connectivity index (χ3v) is 10.4. The monoisotopic (exact) mass is 758 g/mol. The topological polar surface area (TPSA) is 89.6 Å². The summed E-state index contributed by atoms with van der Waals surface area (Å²) in [7, 11) is 0. The van der Waals surface area contributed by atoms with Gasteiger partial charge < -0.3 is 9.13 Å². The van der Waals surface area contributed by atoms with Gasteiger partial charge in [0.15, 0.2) is 17.3 Å². The van der Waals surface area contributed by atoms with Gasteiger partial charge in [-0.25, -0.2) is 24.8 Å². The summed E-state index contributed by atoms with van der Waals surface area (Å²) in [5, 5.41) is 14.5. The molecule has 6 aromatic carbocycles. The van der Waals surface area contributed by atoms with E-state index in [1.165, 1.54) is 6.07 Å². The van der Waals surface area contributed by atoms with E-state index >= 15 is 0 Å². The van der Waals surface area contributed by atoms with Crippen LogP contribution in [0.4, 0.5) is 18.9 Å². The molecule has 0 aliphatic carbocycles. The number of rotatable bonds is 5. The van der Waals surface area contributed by atoms with Gasteiger partial charge in [0.05, 0.1) is 51.6 Å². The van der Waals surface area contributed by atoms with Crippen LogP contribution >= 0.6 is 0 Å². The van der Waals surface area contributed by atoms with Crippen LogP contribution in [0.1, 0.15) is 11.1 Å². The van der Waals surface area contributed by atoms with Crippen molar-refractivity contribution < 1.29 is 13.2 Å². The number of hydrogen-bond donors (Lipinski definition) is 0. The summed E-state index contributed by atoms with van der Waals surface area (Å²) in [5.41, 5.74) is 5.50. The van der Waals surface area contributed by atoms with Crippen molar-refractivity contribution in [2.24, 2.45) is 0 Å². The molecule has 0 aliphatic heterocycles. The number of alkyl halides is 3. The molecule has 8 nitrogen and oxygen atoms in total. The smallest absolute Gasteiger partial charge is 0.307 e. The highest BCUT2D eigenvalue weighted by Crippen LogP contribution is 2.43. The fourth-order valence-electron chi connectivity index (χ4n) is 7.90. The maximum Gasteiger partial charge on any atom is 0.415 e. The van der Waals surface area contributed by atoms with Gasteiger partial charge in [-0.3, -0.25) is 0 Å². The van der Waals surface area contributed by atoms with Crippen molar-refractivity contribution in [2.45, 2.75) is 6.18 Å². The molecule has 11 heteroatoms. The van der Waals surface area contributed by atoms with Crippen LogP contribution in [0, 0.1) is 17.9 Å². The SMILES string of the molecule is [C-]#[N+]c1cc(-c2cc(-n3c4ccccc4c4cc(-c5ncccn5)ccc43)c(-n3c4ccccc4c4cc(-c5ncccn5)ccc43)cc2C#N)cc(C(F)(F)F)c1. The lowest BCUT2D eigenvalue weighted by molar-refractivity contribution is -0.137. The molecular weight excluding hydrogens is 734 g/mol. The van der Waals surface area contributed by atoms with E-state index in [-0.39, 0.29) is 22.4 Å². The van der Waals surface area contributed by atoms with Crippen molar-refractivity contribution in [3.63, 3.8) is 0 Å². The fourth-order valence-corrected chi connectivity index (χ4v) is 7.90. The van der Waals surface area contributed by atoms with Crippen LogP contribution < -0.4 is 0 Å². The molecule has 0 saturated heterocycles. The Morgan fingerprint density at radius 1 is 0.534 bits per heavy atom. The molecule has 0 radical (unpaired) electrons. The maximum atomic E-state index is 14.3. The quantitative estimate of drug-likeness (QED) is 0.163. The third-order valence-electron chi connectivity index (χ3n) is 10.4. The standard InChI is InChI=1S/C47H25F3N8/c1-52-33-21-30(20-32(25-33)47(48,49)50)36-26-44(58-40-11-5-3-9-35(40)38-23-29(13-15-42(38)58)46-55-18-7-19-56-46)43(24-31(36)27-51)57-39-10-4-2-8-34(39)37-22-28(12-14-41(37)57)45-53-16-6-17-54-45/h2-26H. The van der Waals surface area contributed by atoms with Crippen molar-refractivity contribution in [2.75, 3.05) is 0 Å². The molecule has 0 N–H and O–H groups in total. The number of aromatic nitrogens is 6. The number of nitriles is 1. The Morgan fingerprint density at radius 2 is 1.03 bits per heavy atom. The average molecular weight is 759 g/mol. The van der Waals surface area contributed by atoms with Crippen molar-refractivity contribution in [1.82, 2.24) is 29.1 Å². The van der Waals surface area contributed by atoms with E-state index in [4.69, 9.17) is 6.57 Å². The Morgan fingerprint density at radius 3 is 1.53 bits per heavy atom. The fraction of sp³-hybridized carbons (Fsp3) is 0.0213. The lowest BCUT2D eigenvalue weighted by Gasteiger charge is -2.20. The van der Waals surface area contributed by atoms with Gasteiger partial charge in [0.2, 0.25) is 0 Å². The highest BCUT2D eigenvalue weighted by Gasteiger charge is 2.32. The number of benzene rings is 6. The first kappa shape index (κ1) is 34.3. The Bertz CT molecular complexity index is 3360. The van der Waals surface area contributed by atoms with Crippen LogP contribution in [-0.4, -0.2) is 29.1 Å². The summed E-state index contributed by atoms with van der Waals surface area (Å²) in [5.74, 6) is 1.14. The molecule has 0 atom stereocenters. The van der Waals surface area contributed by atoms with Gasteiger partial charge in [0, 0.05) is 68.6 Å². The summed E-state index contributed by atoms with van der Waals surface area (Å²) in [6.45, 7) is 7.64. The van der Waals surface area contributed by atoms with Gasteiger partial charge in [-0.2, -0.15) is 18.4 Å². The minimum atomic E-state index is -4.72. The number of para-hydroxylation sites is 2. The molecule has 10 rings (SSSR count). The molecule has 0 bridgehead atoms. The van der Waals surface area contributed by atoms with Crippen molar-refractivity contribution in [3.05, 3.63) is 175 Å². The molecule has 4 heterocycles. The Labute approximate surface area is 328 Å². The second-order valence-corrected chi connectivity index (χ2v) is 13.7. The predicted octanol–water partition coefficient (Wildman–Crippen LogP) is 11.9. The van der Waals surface area contributed by atoms with Gasteiger partial charge in [-0.15, -0.1) is 0 Å². The predicted molar refractivity (Wildman–Crippen MR) is 219 cm³/mol. The molecule has 10 aromatic rings. The molecule has 0 fully saturated rings. The lowest BCUT2D eigenvalue weighted by atomic mass is 9.96. The molecule has 4 aromatic heterocycles. The zero-order valence-corrected chi connectivity index (χ0v) is 30.1. The highest BCUT2D eigenvalue weighted by atomic mass is 19.4. The van der Waals surface area contributed by atoms with E-state index in [0.717, 1.165) is 66.9 Å². The van der Waals surface area contributed by atoms with Gasteiger partial charge in [0.1, 0.15) is 0 Å². The Hall–Kier alpha value is -8.15. The summed E-state index contributed by atoms with van der Waals surface area (Å²) < 4.78 is 47.0. The molecule has 0 spiro atoms. The molecular formula is C47H25F3N8. The molecule has 0 saturated carbocycles. The molecule has 58 heavy (non-hydrogen) atoms. The molecule has 274 valence electrons. The molecule has 0 amide bonds. The Kier molecular flexibility index (Phi) is 7.85. The lowest BCUT2D eigenvalue weighted by Crippen LogP contribution is -2.07. The summed E-state index contributed by atoms with van der Waals surface area (Å²) in [4.78, 5) is 21.3. The molecule has 0 unspecified atom stereocenters. The van der Waals surface area contributed by atoms with Gasteiger partial charge >= 0.3 is 6.18 Å². The van der Waals surface area contributed by atoms with E-state index in [9.17, 15) is 18.4 Å². The normalized spacial score (nSPS) is 11.7. The average Bonchev–Trinajstić information content (AvgIpc) is 3.78. The Balaban J connectivity index is 1.33. The van der Waals surface area contributed by atoms with Crippen LogP contribution in [0.2, 0.25) is 0 Å². The number of hydrogen-bond acceptors (Lipinski definition) is 5. The van der Waals surface area contributed by atoms with Gasteiger partial charge in [-0.05, 0) is 96.6 Å². The number of fused-ring (bicyclic) bond motifs is 6. The van der Waals surface area contributed by atoms with Crippen LogP contribution in [-0.2, 0) is 6.18 Å². The third kappa shape index (κ3) is 5.53. The maximum absolute atomic E-state index is 14.3. The van der Waals surface area contributed by atoms with Crippen LogP contribution in [0.15, 0.2) is 152 Å². The van der Waals surface area contributed by atoms with Crippen molar-refractivity contribution in [3.8, 4) is 51.3 Å². The van der Waals surface area contributed by atoms with Crippen LogP contribution in [0.5, 0.6) is 0 Å². The highest BCUT2D eigenvalue weighted by molar-refractivity contribution is 6.13. The number of halogens is 3. The van der Waals surface area contributed by atoms with Crippen LogP contribution in [0.25, 0.3) is 93.7 Å². The van der Waals surface area contributed by atoms with E-state index < -0.39 is 11.7 Å². The summed E-state index contributed by atoms with van der Waals surface area (Å²) in [6, 6.07) is 40.3. The van der Waals surface area contributed by atoms with Gasteiger partial charge in [0.25, 0.3) is 0 Å². The van der Waals surface area contributed by atoms with Gasteiger partial charge in [-0.1, -0.05) is 36.4 Å². The first-order valence-corrected chi connectivity index (χ1v) is 18.1. The van der Waals surface area contributed by atoms with E-state index in [1.807, 2.05) is 84.9 Å². The summed E-state index contributed by atoms with van der Waals surface area (Å²) >= 11 is 0. The second kappa shape index (κ2) is 13.3. The van der Waals surface area contributed by atoms with E-state index in [2.05, 4.69) is 40.0 Å². The zero-order chi connectivity index (χ0) is 39.5. The first-order valence-electron chi connectivity index (χ1n) is 18.1.